The molecule has 3 aliphatic rings. The van der Waals surface area contributed by atoms with Crippen molar-refractivity contribution in [1.82, 2.24) is 0 Å². The maximum atomic E-state index is 11.8. The third kappa shape index (κ3) is 1.90. The highest BCUT2D eigenvalue weighted by Crippen LogP contribution is 2.81. The average Bonchev–Trinajstić information content (AvgIpc) is 3.20. The van der Waals surface area contributed by atoms with Crippen molar-refractivity contribution in [2.45, 2.75) is 52.2 Å². The molecule has 2 aliphatic carbocycles. The SMILES string of the molecule is C[C@@]1(C=O)CC2(C[C@H]2COC2CCCCO2)[C@@]1(C)C(=O)O. The molecule has 0 radical (unpaired) electrons. The Balaban J connectivity index is 1.62. The zero-order chi connectivity index (χ0) is 15.3. The second-order valence-corrected chi connectivity index (χ2v) is 7.33. The third-order valence-electron chi connectivity index (χ3n) is 6.36. The Hall–Kier alpha value is -0.940. The molecule has 1 heterocycles. The summed E-state index contributed by atoms with van der Waals surface area (Å²) in [6.45, 7) is 4.78. The molecule has 3 fully saturated rings. The van der Waals surface area contributed by atoms with Crippen LogP contribution in [0.3, 0.4) is 0 Å². The lowest BCUT2D eigenvalue weighted by Gasteiger charge is -2.58. The van der Waals surface area contributed by atoms with Gasteiger partial charge >= 0.3 is 5.97 Å². The molecule has 2 saturated carbocycles. The molecule has 0 aromatic carbocycles. The smallest absolute Gasteiger partial charge is 0.310 e. The fourth-order valence-corrected chi connectivity index (χ4v) is 4.58. The normalized spacial score (nSPS) is 48.7. The van der Waals surface area contributed by atoms with Crippen molar-refractivity contribution in [2.75, 3.05) is 13.2 Å². The molecule has 1 N–H and O–H groups in total. The summed E-state index contributed by atoms with van der Waals surface area (Å²) in [5.74, 6) is -0.628. The van der Waals surface area contributed by atoms with Crippen LogP contribution in [0.5, 0.6) is 0 Å². The predicted molar refractivity (Wildman–Crippen MR) is 74.6 cm³/mol. The van der Waals surface area contributed by atoms with Gasteiger partial charge in [0, 0.05) is 12.0 Å². The number of ether oxygens (including phenoxy) is 2. The Bertz CT molecular complexity index is 458. The molecular weight excluding hydrogens is 272 g/mol. The highest BCUT2D eigenvalue weighted by atomic mass is 16.7. The van der Waals surface area contributed by atoms with E-state index in [4.69, 9.17) is 9.47 Å². The van der Waals surface area contributed by atoms with Crippen LogP contribution in [0.15, 0.2) is 0 Å². The van der Waals surface area contributed by atoms with Crippen LogP contribution in [-0.2, 0) is 19.1 Å². The largest absolute Gasteiger partial charge is 0.481 e. The van der Waals surface area contributed by atoms with Gasteiger partial charge in [0.05, 0.1) is 12.0 Å². The quantitative estimate of drug-likeness (QED) is 0.788. The molecule has 21 heavy (non-hydrogen) atoms. The Kier molecular flexibility index (Phi) is 3.41. The van der Waals surface area contributed by atoms with E-state index in [0.29, 0.717) is 13.0 Å². The first-order valence-electron chi connectivity index (χ1n) is 7.82. The number of carboxylic acid groups (broad SMARTS) is 1. The minimum atomic E-state index is -0.969. The molecule has 0 amide bonds. The average molecular weight is 296 g/mol. The van der Waals surface area contributed by atoms with Gasteiger partial charge in [0.15, 0.2) is 6.29 Å². The summed E-state index contributed by atoms with van der Waals surface area (Å²) < 4.78 is 11.4. The minimum Gasteiger partial charge on any atom is -0.481 e. The third-order valence-corrected chi connectivity index (χ3v) is 6.36. The Morgan fingerprint density at radius 1 is 1.43 bits per heavy atom. The number of rotatable bonds is 5. The van der Waals surface area contributed by atoms with E-state index >= 15 is 0 Å². The van der Waals surface area contributed by atoms with E-state index in [2.05, 4.69) is 0 Å². The summed E-state index contributed by atoms with van der Waals surface area (Å²) in [6, 6.07) is 0. The van der Waals surface area contributed by atoms with Gasteiger partial charge in [0.25, 0.3) is 0 Å². The second-order valence-electron chi connectivity index (χ2n) is 7.33. The lowest BCUT2D eigenvalue weighted by Crippen LogP contribution is -2.63. The Labute approximate surface area is 125 Å². The second kappa shape index (κ2) is 4.78. The number of aldehydes is 1. The van der Waals surface area contributed by atoms with Gasteiger partial charge in [-0.05, 0) is 50.4 Å². The van der Waals surface area contributed by atoms with E-state index in [1.807, 2.05) is 0 Å². The first kappa shape index (κ1) is 15.0. The van der Waals surface area contributed by atoms with Crippen LogP contribution in [0.1, 0.15) is 46.0 Å². The van der Waals surface area contributed by atoms with Gasteiger partial charge in [0.2, 0.25) is 0 Å². The zero-order valence-corrected chi connectivity index (χ0v) is 12.8. The topological polar surface area (TPSA) is 72.8 Å². The van der Waals surface area contributed by atoms with E-state index < -0.39 is 16.8 Å². The summed E-state index contributed by atoms with van der Waals surface area (Å²) in [5.41, 5.74) is -1.98. The summed E-state index contributed by atoms with van der Waals surface area (Å²) in [7, 11) is 0. The fourth-order valence-electron chi connectivity index (χ4n) is 4.58. The molecule has 2 unspecified atom stereocenters. The number of hydrogen-bond acceptors (Lipinski definition) is 4. The lowest BCUT2D eigenvalue weighted by atomic mass is 9.42. The molecule has 1 spiro atoms. The molecule has 118 valence electrons. The number of carbonyl (C=O) groups excluding carboxylic acids is 1. The molecule has 0 bridgehead atoms. The number of carbonyl (C=O) groups is 2. The molecular formula is C16H24O5. The van der Waals surface area contributed by atoms with Crippen molar-refractivity contribution in [3.8, 4) is 0 Å². The van der Waals surface area contributed by atoms with Crippen LogP contribution in [0.4, 0.5) is 0 Å². The molecule has 5 atom stereocenters. The summed E-state index contributed by atoms with van der Waals surface area (Å²) in [5, 5.41) is 9.65. The monoisotopic (exact) mass is 296 g/mol. The van der Waals surface area contributed by atoms with E-state index in [1.165, 1.54) is 0 Å². The van der Waals surface area contributed by atoms with Crippen LogP contribution < -0.4 is 0 Å². The minimum absolute atomic E-state index is 0.134. The molecule has 1 saturated heterocycles. The zero-order valence-electron chi connectivity index (χ0n) is 12.8. The van der Waals surface area contributed by atoms with Gasteiger partial charge < -0.3 is 19.4 Å². The van der Waals surface area contributed by atoms with E-state index in [-0.39, 0.29) is 17.6 Å². The van der Waals surface area contributed by atoms with Gasteiger partial charge in [-0.1, -0.05) is 6.92 Å². The molecule has 5 nitrogen and oxygen atoms in total. The summed E-state index contributed by atoms with van der Waals surface area (Å²) in [6.07, 6.45) is 5.32. The van der Waals surface area contributed by atoms with Crippen LogP contribution >= 0.6 is 0 Å². The van der Waals surface area contributed by atoms with Crippen LogP contribution in [0.2, 0.25) is 0 Å². The first-order chi connectivity index (χ1) is 9.89. The molecule has 0 aromatic heterocycles. The highest BCUT2D eigenvalue weighted by Gasteiger charge is 2.81. The molecule has 0 aromatic rings. The van der Waals surface area contributed by atoms with Crippen LogP contribution in [-0.4, -0.2) is 36.9 Å². The first-order valence-corrected chi connectivity index (χ1v) is 7.82. The number of carboxylic acids is 1. The van der Waals surface area contributed by atoms with Gasteiger partial charge in [-0.2, -0.15) is 0 Å². The number of hydrogen-bond donors (Lipinski definition) is 1. The summed E-state index contributed by atoms with van der Waals surface area (Å²) in [4.78, 5) is 23.1. The van der Waals surface area contributed by atoms with E-state index in [9.17, 15) is 14.7 Å². The van der Waals surface area contributed by atoms with Gasteiger partial charge in [-0.25, -0.2) is 0 Å². The van der Waals surface area contributed by atoms with E-state index in [0.717, 1.165) is 38.6 Å². The van der Waals surface area contributed by atoms with Crippen molar-refractivity contribution in [3.63, 3.8) is 0 Å². The highest BCUT2D eigenvalue weighted by molar-refractivity contribution is 5.86. The van der Waals surface area contributed by atoms with Gasteiger partial charge in [-0.15, -0.1) is 0 Å². The van der Waals surface area contributed by atoms with Crippen LogP contribution in [0.25, 0.3) is 0 Å². The lowest BCUT2D eigenvalue weighted by molar-refractivity contribution is -0.200. The number of aliphatic carboxylic acids is 1. The Morgan fingerprint density at radius 2 is 2.19 bits per heavy atom. The standard InChI is InChI=1S/C16H24O5/c1-14(10-17)9-16(15(14,2)13(18)19)7-11(16)8-21-12-5-3-4-6-20-12/h10-12H,3-9H2,1-2H3,(H,18,19)/t11-,12?,14-,15-,16?/m0/s1. The maximum Gasteiger partial charge on any atom is 0.310 e. The van der Waals surface area contributed by atoms with Crippen molar-refractivity contribution in [1.29, 1.82) is 0 Å². The van der Waals surface area contributed by atoms with Crippen molar-refractivity contribution in [2.24, 2.45) is 22.2 Å². The molecule has 1 aliphatic heterocycles. The maximum absolute atomic E-state index is 11.8. The van der Waals surface area contributed by atoms with E-state index in [1.54, 1.807) is 13.8 Å². The predicted octanol–water partition coefficient (Wildman–Crippen LogP) is 2.24. The van der Waals surface area contributed by atoms with Crippen molar-refractivity contribution < 1.29 is 24.2 Å². The van der Waals surface area contributed by atoms with Gasteiger partial charge in [-0.3, -0.25) is 4.79 Å². The molecule has 5 heteroatoms. The van der Waals surface area contributed by atoms with Crippen molar-refractivity contribution >= 4 is 12.3 Å². The van der Waals surface area contributed by atoms with Gasteiger partial charge in [0.1, 0.15) is 6.29 Å². The molecule has 3 rings (SSSR count). The Morgan fingerprint density at radius 3 is 2.76 bits per heavy atom. The fraction of sp³-hybridized carbons (Fsp3) is 0.875. The van der Waals surface area contributed by atoms with Crippen LogP contribution in [0, 0.1) is 22.2 Å². The van der Waals surface area contributed by atoms with Crippen molar-refractivity contribution in [3.05, 3.63) is 0 Å². The summed E-state index contributed by atoms with van der Waals surface area (Å²) >= 11 is 0.